The van der Waals surface area contributed by atoms with Crippen molar-refractivity contribution in [3.8, 4) is 0 Å². The lowest BCUT2D eigenvalue weighted by atomic mass is 10.1. The molecule has 0 bridgehead atoms. The molecule has 0 fully saturated rings. The highest BCUT2D eigenvalue weighted by atomic mass is 79.9. The Morgan fingerprint density at radius 1 is 0.895 bits per heavy atom. The number of aryl methyl sites for hydroxylation is 2. The normalized spacial score (nSPS) is 12.2. The summed E-state index contributed by atoms with van der Waals surface area (Å²) in [5.41, 5.74) is 3.06. The average Bonchev–Trinajstić information content (AvgIpc) is 2.86. The van der Waals surface area contributed by atoms with Gasteiger partial charge in [0.25, 0.3) is 10.0 Å². The molecule has 3 rings (SSSR count). The number of anilines is 1. The molecule has 0 heterocycles. The molecule has 0 spiro atoms. The summed E-state index contributed by atoms with van der Waals surface area (Å²) < 4.78 is 29.6. The zero-order chi connectivity index (χ0) is 28.0. The minimum absolute atomic E-state index is 0.0839. The molecule has 0 saturated heterocycles. The van der Waals surface area contributed by atoms with E-state index in [0.29, 0.717) is 5.69 Å². The molecule has 0 aromatic heterocycles. The maximum Gasteiger partial charge on any atom is 0.264 e. The van der Waals surface area contributed by atoms with Crippen LogP contribution in [0.2, 0.25) is 0 Å². The second kappa shape index (κ2) is 12.6. The summed E-state index contributed by atoms with van der Waals surface area (Å²) in [7, 11) is -4.08. The number of nitrogens with zero attached hydrogens (tertiary/aromatic N) is 2. The lowest BCUT2D eigenvalue weighted by molar-refractivity contribution is -0.139. The predicted molar refractivity (Wildman–Crippen MR) is 154 cm³/mol. The number of sulfonamides is 1. The third kappa shape index (κ3) is 7.45. The highest BCUT2D eigenvalue weighted by Crippen LogP contribution is 2.25. The third-order valence-electron chi connectivity index (χ3n) is 6.05. The van der Waals surface area contributed by atoms with Crippen LogP contribution in [0.25, 0.3) is 0 Å². The number of halogens is 1. The maximum absolute atomic E-state index is 13.9. The summed E-state index contributed by atoms with van der Waals surface area (Å²) in [5.74, 6) is -0.806. The van der Waals surface area contributed by atoms with Gasteiger partial charge in [-0.15, -0.1) is 0 Å². The Morgan fingerprint density at radius 3 is 2.03 bits per heavy atom. The van der Waals surface area contributed by atoms with Crippen molar-refractivity contribution in [2.45, 2.75) is 58.1 Å². The Morgan fingerprint density at radius 2 is 1.47 bits per heavy atom. The quantitative estimate of drug-likeness (QED) is 0.347. The molecule has 2 amide bonds. The number of carbonyl (C=O) groups excluding carboxylic acids is 2. The molecular weight excluding hydrogens is 566 g/mol. The molecule has 9 heteroatoms. The summed E-state index contributed by atoms with van der Waals surface area (Å²) in [6.45, 7) is 8.79. The number of hydrogen-bond acceptors (Lipinski definition) is 4. The van der Waals surface area contributed by atoms with Gasteiger partial charge in [0.1, 0.15) is 12.6 Å². The summed E-state index contributed by atoms with van der Waals surface area (Å²) >= 11 is 3.45. The average molecular weight is 601 g/mol. The molecule has 1 atom stereocenters. The minimum atomic E-state index is -4.08. The molecule has 0 aliphatic rings. The lowest BCUT2D eigenvalue weighted by Crippen LogP contribution is -2.52. The molecule has 0 aliphatic heterocycles. The fourth-order valence-electron chi connectivity index (χ4n) is 3.90. The molecule has 38 heavy (non-hydrogen) atoms. The first kappa shape index (κ1) is 29.4. The third-order valence-corrected chi connectivity index (χ3v) is 8.33. The van der Waals surface area contributed by atoms with Crippen LogP contribution in [0, 0.1) is 13.8 Å². The fourth-order valence-corrected chi connectivity index (χ4v) is 5.76. The Hall–Kier alpha value is -3.17. The molecular formula is C29H34BrN3O4S. The highest BCUT2D eigenvalue weighted by molar-refractivity contribution is 9.10. The van der Waals surface area contributed by atoms with E-state index in [2.05, 4.69) is 21.2 Å². The van der Waals surface area contributed by atoms with Crippen LogP contribution in [0.4, 0.5) is 5.69 Å². The molecule has 1 N–H and O–H groups in total. The van der Waals surface area contributed by atoms with E-state index in [1.807, 2.05) is 52.0 Å². The lowest BCUT2D eigenvalue weighted by Gasteiger charge is -2.32. The van der Waals surface area contributed by atoms with Gasteiger partial charge in [-0.1, -0.05) is 63.5 Å². The highest BCUT2D eigenvalue weighted by Gasteiger charge is 2.32. The summed E-state index contributed by atoms with van der Waals surface area (Å²) in [4.78, 5) is 28.3. The van der Waals surface area contributed by atoms with Gasteiger partial charge in [0, 0.05) is 17.1 Å². The molecule has 3 aromatic carbocycles. The maximum atomic E-state index is 13.9. The van der Waals surface area contributed by atoms with Crippen LogP contribution in [-0.4, -0.2) is 43.8 Å². The zero-order valence-electron chi connectivity index (χ0n) is 22.3. The van der Waals surface area contributed by atoms with Gasteiger partial charge >= 0.3 is 0 Å². The van der Waals surface area contributed by atoms with E-state index in [9.17, 15) is 18.0 Å². The predicted octanol–water partition coefficient (Wildman–Crippen LogP) is 5.20. The minimum Gasteiger partial charge on any atom is -0.352 e. The van der Waals surface area contributed by atoms with Gasteiger partial charge < -0.3 is 10.2 Å². The van der Waals surface area contributed by atoms with Gasteiger partial charge in [-0.25, -0.2) is 8.42 Å². The van der Waals surface area contributed by atoms with Crippen LogP contribution in [0.3, 0.4) is 0 Å². The van der Waals surface area contributed by atoms with Crippen LogP contribution in [0.15, 0.2) is 82.2 Å². The molecule has 0 saturated carbocycles. The number of nitrogens with one attached hydrogen (secondary N) is 1. The largest absolute Gasteiger partial charge is 0.352 e. The van der Waals surface area contributed by atoms with E-state index >= 15 is 0 Å². The Kier molecular flexibility index (Phi) is 9.73. The number of amides is 2. The van der Waals surface area contributed by atoms with Crippen molar-refractivity contribution in [1.29, 1.82) is 0 Å². The van der Waals surface area contributed by atoms with Gasteiger partial charge in [0.15, 0.2) is 0 Å². The molecule has 1 unspecified atom stereocenters. The second-order valence-corrected chi connectivity index (χ2v) is 12.4. The zero-order valence-corrected chi connectivity index (χ0v) is 24.7. The second-order valence-electron chi connectivity index (χ2n) is 9.65. The summed E-state index contributed by atoms with van der Waals surface area (Å²) in [5, 5.41) is 2.85. The van der Waals surface area contributed by atoms with Crippen LogP contribution < -0.4 is 9.62 Å². The topological polar surface area (TPSA) is 86.8 Å². The van der Waals surface area contributed by atoms with Crippen molar-refractivity contribution in [2.24, 2.45) is 0 Å². The van der Waals surface area contributed by atoms with E-state index in [0.717, 1.165) is 25.5 Å². The van der Waals surface area contributed by atoms with E-state index in [1.54, 1.807) is 43.3 Å². The number of benzene rings is 3. The van der Waals surface area contributed by atoms with Gasteiger partial charge in [-0.2, -0.15) is 0 Å². The SMILES string of the molecule is Cc1ccc(N(CC(=O)N(Cc2cccc(Br)c2)C(C)C(=O)NC(C)C)S(=O)(=O)c2ccc(C)cc2)cc1. The van der Waals surface area contributed by atoms with Gasteiger partial charge in [0.05, 0.1) is 10.6 Å². The Bertz CT molecular complexity index is 1370. The van der Waals surface area contributed by atoms with Crippen LogP contribution in [0.1, 0.15) is 37.5 Å². The van der Waals surface area contributed by atoms with Gasteiger partial charge in [-0.05, 0) is 76.6 Å². The van der Waals surface area contributed by atoms with Crippen molar-refractivity contribution in [1.82, 2.24) is 10.2 Å². The molecule has 0 aliphatic carbocycles. The summed E-state index contributed by atoms with van der Waals surface area (Å²) in [6.07, 6.45) is 0. The van der Waals surface area contributed by atoms with E-state index in [4.69, 9.17) is 0 Å². The number of carbonyl (C=O) groups is 2. The number of hydrogen-bond donors (Lipinski definition) is 1. The smallest absolute Gasteiger partial charge is 0.264 e. The van der Waals surface area contributed by atoms with Crippen LogP contribution in [0.5, 0.6) is 0 Å². The van der Waals surface area contributed by atoms with Gasteiger partial charge in [0.2, 0.25) is 11.8 Å². The molecule has 3 aromatic rings. The molecule has 7 nitrogen and oxygen atoms in total. The first-order chi connectivity index (χ1) is 17.9. The Balaban J connectivity index is 2.02. The van der Waals surface area contributed by atoms with E-state index in [-0.39, 0.29) is 23.4 Å². The first-order valence-electron chi connectivity index (χ1n) is 12.4. The first-order valence-corrected chi connectivity index (χ1v) is 14.6. The molecule has 0 radical (unpaired) electrons. The van der Waals surface area contributed by atoms with Crippen molar-refractivity contribution in [2.75, 3.05) is 10.8 Å². The van der Waals surface area contributed by atoms with E-state index < -0.39 is 28.5 Å². The van der Waals surface area contributed by atoms with E-state index in [1.165, 1.54) is 17.0 Å². The van der Waals surface area contributed by atoms with Crippen molar-refractivity contribution >= 4 is 43.5 Å². The Labute approximate surface area is 234 Å². The molecule has 202 valence electrons. The standard InChI is InChI=1S/C29H34BrN3O4S/c1-20(2)31-29(35)23(5)32(18-24-7-6-8-25(30)17-24)28(34)19-33(26-13-9-21(3)10-14-26)38(36,37)27-15-11-22(4)12-16-27/h6-17,20,23H,18-19H2,1-5H3,(H,31,35). The monoisotopic (exact) mass is 599 g/mol. The van der Waals surface area contributed by atoms with Crippen molar-refractivity contribution in [3.63, 3.8) is 0 Å². The number of rotatable bonds is 10. The van der Waals surface area contributed by atoms with Crippen LogP contribution in [-0.2, 0) is 26.2 Å². The van der Waals surface area contributed by atoms with Crippen molar-refractivity contribution in [3.05, 3.63) is 94.0 Å². The fraction of sp³-hybridized carbons (Fsp3) is 0.310. The van der Waals surface area contributed by atoms with Crippen molar-refractivity contribution < 1.29 is 18.0 Å². The van der Waals surface area contributed by atoms with Crippen LogP contribution >= 0.6 is 15.9 Å². The summed E-state index contributed by atoms with van der Waals surface area (Å²) in [6, 6.07) is 20.0. The van der Waals surface area contributed by atoms with Gasteiger partial charge in [-0.3, -0.25) is 13.9 Å².